The fourth-order valence-electron chi connectivity index (χ4n) is 1.15. The number of hydrogen-bond donors (Lipinski definition) is 2. The average molecular weight is 224 g/mol. The SMILES string of the molecule is CCC(O)CNC(=O)c1ccn(C)c(=O)c1. The molecule has 2 N–H and O–H groups in total. The van der Waals surface area contributed by atoms with Gasteiger partial charge in [0, 0.05) is 31.4 Å². The van der Waals surface area contributed by atoms with E-state index in [9.17, 15) is 14.7 Å². The normalized spacial score (nSPS) is 12.2. The number of rotatable bonds is 4. The molecule has 88 valence electrons. The molecule has 0 aliphatic rings. The van der Waals surface area contributed by atoms with Gasteiger partial charge in [-0.1, -0.05) is 6.92 Å². The maximum absolute atomic E-state index is 11.6. The van der Waals surface area contributed by atoms with Crippen LogP contribution in [0, 0.1) is 0 Å². The Hall–Kier alpha value is -1.62. The number of carbonyl (C=O) groups excluding carboxylic acids is 1. The smallest absolute Gasteiger partial charge is 0.251 e. The van der Waals surface area contributed by atoms with E-state index < -0.39 is 6.10 Å². The van der Waals surface area contributed by atoms with E-state index in [4.69, 9.17) is 0 Å². The quantitative estimate of drug-likeness (QED) is 0.749. The van der Waals surface area contributed by atoms with Crippen LogP contribution in [0.1, 0.15) is 23.7 Å². The molecule has 1 heterocycles. The van der Waals surface area contributed by atoms with Gasteiger partial charge in [-0.2, -0.15) is 0 Å². The Balaban J connectivity index is 2.67. The van der Waals surface area contributed by atoms with Gasteiger partial charge in [0.2, 0.25) is 0 Å². The summed E-state index contributed by atoms with van der Waals surface area (Å²) in [5, 5.41) is 11.8. The lowest BCUT2D eigenvalue weighted by atomic mass is 10.2. The summed E-state index contributed by atoms with van der Waals surface area (Å²) in [4.78, 5) is 22.8. The summed E-state index contributed by atoms with van der Waals surface area (Å²) in [6.07, 6.45) is 1.57. The van der Waals surface area contributed by atoms with Gasteiger partial charge in [0.05, 0.1) is 6.10 Å². The Labute approximate surface area is 93.7 Å². The third-order valence-corrected chi connectivity index (χ3v) is 2.34. The minimum Gasteiger partial charge on any atom is -0.391 e. The molecule has 0 spiro atoms. The number of carbonyl (C=O) groups is 1. The second-order valence-electron chi connectivity index (χ2n) is 3.64. The molecule has 1 aromatic heterocycles. The third-order valence-electron chi connectivity index (χ3n) is 2.34. The molecule has 0 saturated carbocycles. The van der Waals surface area contributed by atoms with E-state index in [1.807, 2.05) is 6.92 Å². The van der Waals surface area contributed by atoms with Crippen molar-refractivity contribution in [3.8, 4) is 0 Å². The van der Waals surface area contributed by atoms with Gasteiger partial charge in [-0.15, -0.1) is 0 Å². The van der Waals surface area contributed by atoms with E-state index in [2.05, 4.69) is 5.32 Å². The highest BCUT2D eigenvalue weighted by atomic mass is 16.3. The molecule has 0 bridgehead atoms. The Morgan fingerprint density at radius 2 is 2.31 bits per heavy atom. The van der Waals surface area contributed by atoms with Gasteiger partial charge in [-0.25, -0.2) is 0 Å². The van der Waals surface area contributed by atoms with Gasteiger partial charge in [0.25, 0.3) is 11.5 Å². The molecular weight excluding hydrogens is 208 g/mol. The molecule has 0 aliphatic carbocycles. The minimum absolute atomic E-state index is 0.199. The van der Waals surface area contributed by atoms with Crippen LogP contribution in [0.3, 0.4) is 0 Å². The maximum Gasteiger partial charge on any atom is 0.251 e. The predicted octanol–water partition coefficient (Wildman–Crippen LogP) is -0.114. The van der Waals surface area contributed by atoms with E-state index in [-0.39, 0.29) is 18.0 Å². The van der Waals surface area contributed by atoms with Crippen molar-refractivity contribution in [1.82, 2.24) is 9.88 Å². The average Bonchev–Trinajstić information content (AvgIpc) is 2.29. The van der Waals surface area contributed by atoms with Crippen molar-refractivity contribution >= 4 is 5.91 Å². The van der Waals surface area contributed by atoms with E-state index in [0.29, 0.717) is 12.0 Å². The minimum atomic E-state index is -0.546. The van der Waals surface area contributed by atoms with Crippen molar-refractivity contribution in [2.24, 2.45) is 7.05 Å². The summed E-state index contributed by atoms with van der Waals surface area (Å²) in [5.41, 5.74) is 0.0788. The van der Waals surface area contributed by atoms with Crippen molar-refractivity contribution in [2.45, 2.75) is 19.4 Å². The summed E-state index contributed by atoms with van der Waals surface area (Å²) < 4.78 is 1.39. The zero-order valence-electron chi connectivity index (χ0n) is 9.43. The van der Waals surface area contributed by atoms with Crippen LogP contribution >= 0.6 is 0 Å². The topological polar surface area (TPSA) is 71.3 Å². The molecule has 0 fully saturated rings. The predicted molar refractivity (Wildman–Crippen MR) is 60.3 cm³/mol. The lowest BCUT2D eigenvalue weighted by molar-refractivity contribution is 0.0913. The number of hydrogen-bond acceptors (Lipinski definition) is 3. The molecule has 0 radical (unpaired) electrons. The molecule has 1 aromatic rings. The largest absolute Gasteiger partial charge is 0.391 e. The number of aromatic nitrogens is 1. The first-order chi connectivity index (χ1) is 7.54. The second kappa shape index (κ2) is 5.46. The number of aliphatic hydroxyl groups excluding tert-OH is 1. The monoisotopic (exact) mass is 224 g/mol. The van der Waals surface area contributed by atoms with Crippen LogP contribution in [0.25, 0.3) is 0 Å². The zero-order valence-corrected chi connectivity index (χ0v) is 9.43. The van der Waals surface area contributed by atoms with Crippen molar-refractivity contribution in [1.29, 1.82) is 0 Å². The number of amides is 1. The van der Waals surface area contributed by atoms with Gasteiger partial charge in [0.1, 0.15) is 0 Å². The summed E-state index contributed by atoms with van der Waals surface area (Å²) >= 11 is 0. The van der Waals surface area contributed by atoms with Gasteiger partial charge >= 0.3 is 0 Å². The van der Waals surface area contributed by atoms with E-state index in [1.54, 1.807) is 13.1 Å². The first-order valence-corrected chi connectivity index (χ1v) is 5.17. The molecule has 1 unspecified atom stereocenters. The van der Waals surface area contributed by atoms with Gasteiger partial charge < -0.3 is 15.0 Å². The lowest BCUT2D eigenvalue weighted by Gasteiger charge is -2.09. The summed E-state index contributed by atoms with van der Waals surface area (Å²) in [6.45, 7) is 2.03. The highest BCUT2D eigenvalue weighted by Crippen LogP contribution is 1.95. The molecule has 5 nitrogen and oxygen atoms in total. The van der Waals surface area contributed by atoms with Crippen LogP contribution < -0.4 is 10.9 Å². The molecule has 0 aromatic carbocycles. The molecule has 1 rings (SSSR count). The Bertz CT molecular complexity index is 425. The number of aryl methyl sites for hydroxylation is 1. The number of aliphatic hydroxyl groups is 1. The van der Waals surface area contributed by atoms with Crippen molar-refractivity contribution < 1.29 is 9.90 Å². The zero-order chi connectivity index (χ0) is 12.1. The highest BCUT2D eigenvalue weighted by Gasteiger charge is 2.08. The van der Waals surface area contributed by atoms with Gasteiger partial charge in [0.15, 0.2) is 0 Å². The number of nitrogens with one attached hydrogen (secondary N) is 1. The standard InChI is InChI=1S/C11H16N2O3/c1-3-9(14)7-12-11(16)8-4-5-13(2)10(15)6-8/h4-6,9,14H,3,7H2,1-2H3,(H,12,16). The van der Waals surface area contributed by atoms with Crippen LogP contribution in [0.15, 0.2) is 23.1 Å². The second-order valence-corrected chi connectivity index (χ2v) is 3.64. The fraction of sp³-hybridized carbons (Fsp3) is 0.455. The first-order valence-electron chi connectivity index (χ1n) is 5.17. The van der Waals surface area contributed by atoms with E-state index in [1.165, 1.54) is 16.8 Å². The van der Waals surface area contributed by atoms with Crippen molar-refractivity contribution in [3.63, 3.8) is 0 Å². The Kier molecular flexibility index (Phi) is 4.25. The summed E-state index contributed by atoms with van der Waals surface area (Å²) in [6, 6.07) is 2.84. The van der Waals surface area contributed by atoms with E-state index >= 15 is 0 Å². The van der Waals surface area contributed by atoms with Crippen LogP contribution in [0.4, 0.5) is 0 Å². The molecule has 16 heavy (non-hydrogen) atoms. The maximum atomic E-state index is 11.6. The van der Waals surface area contributed by atoms with Crippen LogP contribution in [-0.2, 0) is 7.05 Å². The van der Waals surface area contributed by atoms with Crippen molar-refractivity contribution in [2.75, 3.05) is 6.54 Å². The number of pyridine rings is 1. The lowest BCUT2D eigenvalue weighted by Crippen LogP contribution is -2.32. The molecule has 1 atom stereocenters. The summed E-state index contributed by atoms with van der Waals surface area (Å²) in [7, 11) is 1.62. The van der Waals surface area contributed by atoms with Crippen LogP contribution in [0.2, 0.25) is 0 Å². The van der Waals surface area contributed by atoms with Crippen LogP contribution in [-0.4, -0.2) is 28.2 Å². The number of nitrogens with zero attached hydrogens (tertiary/aromatic N) is 1. The third kappa shape index (κ3) is 3.20. The van der Waals surface area contributed by atoms with Gasteiger partial charge in [-0.3, -0.25) is 9.59 Å². The summed E-state index contributed by atoms with van der Waals surface area (Å²) in [5.74, 6) is -0.342. The van der Waals surface area contributed by atoms with Crippen LogP contribution in [0.5, 0.6) is 0 Å². The molecule has 0 aliphatic heterocycles. The molecule has 0 saturated heterocycles. The first kappa shape index (κ1) is 12.4. The fourth-order valence-corrected chi connectivity index (χ4v) is 1.15. The Morgan fingerprint density at radius 1 is 1.62 bits per heavy atom. The van der Waals surface area contributed by atoms with E-state index in [0.717, 1.165) is 0 Å². The molecular formula is C11H16N2O3. The van der Waals surface area contributed by atoms with Gasteiger partial charge in [-0.05, 0) is 12.5 Å². The Morgan fingerprint density at radius 3 is 2.88 bits per heavy atom. The molecule has 1 amide bonds. The highest BCUT2D eigenvalue weighted by molar-refractivity contribution is 5.93. The van der Waals surface area contributed by atoms with Crippen molar-refractivity contribution in [3.05, 3.63) is 34.2 Å². The molecule has 5 heteroatoms.